The molecule has 3 nitrogen and oxygen atoms in total. The van der Waals surface area contributed by atoms with E-state index >= 15 is 0 Å². The van der Waals surface area contributed by atoms with E-state index in [-0.39, 0.29) is 24.3 Å². The predicted molar refractivity (Wildman–Crippen MR) is 63.1 cm³/mol. The first-order chi connectivity index (χ1) is 8.29. The highest BCUT2D eigenvalue weighted by Crippen LogP contribution is 2.21. The molecule has 1 rings (SSSR count). The van der Waals surface area contributed by atoms with Crippen LogP contribution in [0.25, 0.3) is 0 Å². The molecule has 0 radical (unpaired) electrons. The summed E-state index contributed by atoms with van der Waals surface area (Å²) in [4.78, 5) is 13.1. The van der Waals surface area contributed by atoms with Crippen LogP contribution in [0.3, 0.4) is 0 Å². The van der Waals surface area contributed by atoms with Gasteiger partial charge in [-0.3, -0.25) is 4.79 Å². The van der Waals surface area contributed by atoms with Gasteiger partial charge in [0.15, 0.2) is 0 Å². The molecule has 1 atom stereocenters. The molecule has 1 aliphatic heterocycles. The summed E-state index contributed by atoms with van der Waals surface area (Å²) in [6.07, 6.45) is -2.80. The molecule has 1 fully saturated rings. The van der Waals surface area contributed by atoms with Gasteiger partial charge in [-0.15, -0.1) is 0 Å². The Balaban J connectivity index is 2.65. The summed E-state index contributed by atoms with van der Waals surface area (Å²) in [5, 5.41) is 3.06. The Labute approximate surface area is 106 Å². The Morgan fingerprint density at radius 2 is 2.11 bits per heavy atom. The van der Waals surface area contributed by atoms with E-state index in [1.54, 1.807) is 0 Å². The number of nitrogens with one attached hydrogen (secondary N) is 1. The minimum atomic E-state index is -4.33. The third kappa shape index (κ3) is 5.25. The molecule has 0 unspecified atom stereocenters. The van der Waals surface area contributed by atoms with Crippen LogP contribution in [0, 0.1) is 11.8 Å². The summed E-state index contributed by atoms with van der Waals surface area (Å²) in [5.41, 5.74) is 0. The number of hydrogen-bond donors (Lipinski definition) is 1. The lowest BCUT2D eigenvalue weighted by Gasteiger charge is -2.31. The third-order valence-electron chi connectivity index (χ3n) is 2.91. The molecule has 0 bridgehead atoms. The van der Waals surface area contributed by atoms with E-state index in [4.69, 9.17) is 0 Å². The van der Waals surface area contributed by atoms with Crippen molar-refractivity contribution in [1.29, 1.82) is 0 Å². The summed E-state index contributed by atoms with van der Waals surface area (Å²) >= 11 is 0. The molecule has 1 aliphatic rings. The van der Waals surface area contributed by atoms with Crippen LogP contribution in [0.5, 0.6) is 0 Å². The van der Waals surface area contributed by atoms with Gasteiger partial charge in [0.05, 0.1) is 5.92 Å². The molecule has 1 amide bonds. The van der Waals surface area contributed by atoms with Crippen molar-refractivity contribution in [1.82, 2.24) is 10.2 Å². The molecule has 1 saturated heterocycles. The maximum absolute atomic E-state index is 12.5. The van der Waals surface area contributed by atoms with Gasteiger partial charge in [-0.2, -0.15) is 13.2 Å². The van der Waals surface area contributed by atoms with Crippen LogP contribution in [0.2, 0.25) is 0 Å². The standard InChI is InChI=1S/C12H21F3N2O/c1-9(2)7-17(8-12(13,14)15)11(18)10-4-3-5-16-6-10/h9-10,16H,3-8H2,1-2H3/t10-/m1/s1. The number of hydrogen-bond acceptors (Lipinski definition) is 2. The van der Waals surface area contributed by atoms with Crippen LogP contribution in [-0.2, 0) is 4.79 Å². The first kappa shape index (κ1) is 15.3. The van der Waals surface area contributed by atoms with Crippen LogP contribution >= 0.6 is 0 Å². The van der Waals surface area contributed by atoms with E-state index in [0.717, 1.165) is 17.9 Å². The summed E-state index contributed by atoms with van der Waals surface area (Å²) < 4.78 is 37.4. The summed E-state index contributed by atoms with van der Waals surface area (Å²) in [7, 11) is 0. The maximum atomic E-state index is 12.5. The van der Waals surface area contributed by atoms with Crippen LogP contribution < -0.4 is 5.32 Å². The molecule has 0 spiro atoms. The molecule has 0 saturated carbocycles. The van der Waals surface area contributed by atoms with Gasteiger partial charge in [0.25, 0.3) is 0 Å². The average molecular weight is 266 g/mol. The summed E-state index contributed by atoms with van der Waals surface area (Å²) in [6.45, 7) is 3.99. The monoisotopic (exact) mass is 266 g/mol. The third-order valence-corrected chi connectivity index (χ3v) is 2.91. The smallest absolute Gasteiger partial charge is 0.333 e. The molecule has 18 heavy (non-hydrogen) atoms. The van der Waals surface area contributed by atoms with Crippen molar-refractivity contribution in [3.05, 3.63) is 0 Å². The Morgan fingerprint density at radius 1 is 1.44 bits per heavy atom. The van der Waals surface area contributed by atoms with E-state index in [2.05, 4.69) is 5.32 Å². The van der Waals surface area contributed by atoms with Gasteiger partial charge in [0.1, 0.15) is 6.54 Å². The van der Waals surface area contributed by atoms with Gasteiger partial charge in [-0.1, -0.05) is 13.8 Å². The highest BCUT2D eigenvalue weighted by atomic mass is 19.4. The zero-order chi connectivity index (χ0) is 13.8. The molecule has 106 valence electrons. The van der Waals surface area contributed by atoms with E-state index in [0.29, 0.717) is 13.0 Å². The predicted octanol–water partition coefficient (Wildman–Crippen LogP) is 2.03. The van der Waals surface area contributed by atoms with E-state index < -0.39 is 12.7 Å². The largest absolute Gasteiger partial charge is 0.406 e. The number of carbonyl (C=O) groups excluding carboxylic acids is 1. The van der Waals surface area contributed by atoms with Crippen molar-refractivity contribution in [2.45, 2.75) is 32.9 Å². The lowest BCUT2D eigenvalue weighted by atomic mass is 9.97. The quantitative estimate of drug-likeness (QED) is 0.844. The zero-order valence-corrected chi connectivity index (χ0v) is 10.9. The second-order valence-electron chi connectivity index (χ2n) is 5.27. The lowest BCUT2D eigenvalue weighted by Crippen LogP contribution is -2.47. The van der Waals surface area contributed by atoms with Gasteiger partial charge < -0.3 is 10.2 Å². The Hall–Kier alpha value is -0.780. The molecule has 0 aromatic heterocycles. The van der Waals surface area contributed by atoms with E-state index in [1.165, 1.54) is 0 Å². The van der Waals surface area contributed by atoms with Gasteiger partial charge >= 0.3 is 6.18 Å². The minimum absolute atomic E-state index is 0.0350. The fourth-order valence-electron chi connectivity index (χ4n) is 2.21. The highest BCUT2D eigenvalue weighted by Gasteiger charge is 2.35. The fraction of sp³-hybridized carbons (Fsp3) is 0.917. The topological polar surface area (TPSA) is 32.3 Å². The first-order valence-electron chi connectivity index (χ1n) is 6.36. The minimum Gasteiger partial charge on any atom is -0.333 e. The van der Waals surface area contributed by atoms with E-state index in [1.807, 2.05) is 13.8 Å². The van der Waals surface area contributed by atoms with E-state index in [9.17, 15) is 18.0 Å². The second kappa shape index (κ2) is 6.41. The fourth-order valence-corrected chi connectivity index (χ4v) is 2.21. The Bertz CT molecular complexity index is 273. The van der Waals surface area contributed by atoms with Crippen molar-refractivity contribution < 1.29 is 18.0 Å². The molecular weight excluding hydrogens is 245 g/mol. The van der Waals surface area contributed by atoms with Gasteiger partial charge in [-0.05, 0) is 25.3 Å². The summed E-state index contributed by atoms with van der Waals surface area (Å²) in [5.74, 6) is -0.638. The van der Waals surface area contributed by atoms with Crippen molar-refractivity contribution in [2.75, 3.05) is 26.2 Å². The Morgan fingerprint density at radius 3 is 2.56 bits per heavy atom. The molecule has 1 N–H and O–H groups in total. The maximum Gasteiger partial charge on any atom is 0.406 e. The number of alkyl halides is 3. The number of nitrogens with zero attached hydrogens (tertiary/aromatic N) is 1. The Kier molecular flexibility index (Phi) is 5.44. The SMILES string of the molecule is CC(C)CN(CC(F)(F)F)C(=O)[C@@H]1CCCNC1. The normalized spacial score (nSPS) is 21.1. The van der Waals surface area contributed by atoms with Gasteiger partial charge in [-0.25, -0.2) is 0 Å². The van der Waals surface area contributed by atoms with Crippen LogP contribution in [-0.4, -0.2) is 43.2 Å². The number of rotatable bonds is 4. The van der Waals surface area contributed by atoms with Gasteiger partial charge in [0.2, 0.25) is 5.91 Å². The van der Waals surface area contributed by atoms with Crippen molar-refractivity contribution in [2.24, 2.45) is 11.8 Å². The molecule has 1 heterocycles. The van der Waals surface area contributed by atoms with Crippen LogP contribution in [0.15, 0.2) is 0 Å². The zero-order valence-electron chi connectivity index (χ0n) is 10.9. The number of carbonyl (C=O) groups is 1. The number of piperidine rings is 1. The van der Waals surface area contributed by atoms with Crippen molar-refractivity contribution >= 4 is 5.91 Å². The second-order valence-corrected chi connectivity index (χ2v) is 5.27. The van der Waals surface area contributed by atoms with Crippen molar-refractivity contribution in [3.63, 3.8) is 0 Å². The number of halogens is 3. The first-order valence-corrected chi connectivity index (χ1v) is 6.36. The average Bonchev–Trinajstić information content (AvgIpc) is 2.26. The molecule has 0 aromatic rings. The van der Waals surface area contributed by atoms with Crippen LogP contribution in [0.1, 0.15) is 26.7 Å². The summed E-state index contributed by atoms with van der Waals surface area (Å²) in [6, 6.07) is 0. The molecule has 0 aliphatic carbocycles. The highest BCUT2D eigenvalue weighted by molar-refractivity contribution is 5.79. The van der Waals surface area contributed by atoms with Crippen LogP contribution in [0.4, 0.5) is 13.2 Å². The number of amides is 1. The molecule has 0 aromatic carbocycles. The molecular formula is C12H21F3N2O. The molecule has 6 heteroatoms. The lowest BCUT2D eigenvalue weighted by molar-refractivity contribution is -0.165. The van der Waals surface area contributed by atoms with Gasteiger partial charge in [0, 0.05) is 13.1 Å². The van der Waals surface area contributed by atoms with Crippen molar-refractivity contribution in [3.8, 4) is 0 Å².